The first-order valence-electron chi connectivity index (χ1n) is 8.95. The number of rotatable bonds is 14. The second-order valence-corrected chi connectivity index (χ2v) is 6.10. The third kappa shape index (κ3) is 10.2. The maximum atomic E-state index is 4.00. The molecule has 3 nitrogen and oxygen atoms in total. The molecule has 0 bridgehead atoms. The number of nitrogens with one attached hydrogen (secondary N) is 1. The average molecular weight is 281 g/mol. The molecular weight excluding hydrogens is 246 g/mol. The van der Waals surface area contributed by atoms with Crippen molar-refractivity contribution in [1.82, 2.24) is 10.5 Å². The van der Waals surface area contributed by atoms with Gasteiger partial charge >= 0.3 is 0 Å². The van der Waals surface area contributed by atoms with Crippen LogP contribution < -0.4 is 5.53 Å². The van der Waals surface area contributed by atoms with Crippen LogP contribution in [0.15, 0.2) is 5.10 Å². The zero-order valence-corrected chi connectivity index (χ0v) is 13.6. The first-order chi connectivity index (χ1) is 9.93. The van der Waals surface area contributed by atoms with Crippen LogP contribution in [-0.4, -0.2) is 24.3 Å². The molecule has 0 aromatic heterocycles. The number of unbranched alkanes of at least 4 members (excludes halogenated alkanes) is 12. The Morgan fingerprint density at radius 2 is 1.30 bits per heavy atom. The van der Waals surface area contributed by atoms with E-state index in [-0.39, 0.29) is 0 Å². The number of hydrazone groups is 1. The quantitative estimate of drug-likeness (QED) is 0.459. The Morgan fingerprint density at radius 1 is 0.800 bits per heavy atom. The van der Waals surface area contributed by atoms with Gasteiger partial charge < -0.3 is 0 Å². The lowest BCUT2D eigenvalue weighted by molar-refractivity contribution is 0.237. The summed E-state index contributed by atoms with van der Waals surface area (Å²) in [7, 11) is 0. The number of nitrogens with zero attached hydrogens (tertiary/aromatic N) is 2. The van der Waals surface area contributed by atoms with Crippen molar-refractivity contribution in [3.8, 4) is 0 Å². The molecule has 1 heterocycles. The lowest BCUT2D eigenvalue weighted by Gasteiger charge is -2.13. The zero-order chi connectivity index (χ0) is 14.3. The number of hydrogen-bond donors (Lipinski definition) is 1. The predicted molar refractivity (Wildman–Crippen MR) is 88.9 cm³/mol. The molecule has 3 heteroatoms. The van der Waals surface area contributed by atoms with Gasteiger partial charge in [0.15, 0.2) is 0 Å². The first-order valence-corrected chi connectivity index (χ1v) is 8.95. The molecule has 0 aromatic carbocycles. The van der Waals surface area contributed by atoms with Gasteiger partial charge in [-0.05, 0) is 6.42 Å². The van der Waals surface area contributed by atoms with E-state index in [1.807, 2.05) is 6.21 Å². The fraction of sp³-hybridized carbons (Fsp3) is 0.941. The summed E-state index contributed by atoms with van der Waals surface area (Å²) in [6, 6.07) is 0. The standard InChI is InChI=1S/C17H35N3/c1-2-3-4-5-6-7-8-9-10-11-12-13-14-16-20-17-15-18-19-20/h15,19H,2-14,16-17H2,1H3. The van der Waals surface area contributed by atoms with Gasteiger partial charge in [-0.1, -0.05) is 84.0 Å². The molecule has 118 valence electrons. The molecule has 0 radical (unpaired) electrons. The van der Waals surface area contributed by atoms with Crippen molar-refractivity contribution in [3.63, 3.8) is 0 Å². The summed E-state index contributed by atoms with van der Waals surface area (Å²) in [5.74, 6) is 0. The molecule has 0 atom stereocenters. The molecule has 1 aliphatic heterocycles. The van der Waals surface area contributed by atoms with Gasteiger partial charge in [0.25, 0.3) is 0 Å². The van der Waals surface area contributed by atoms with Crippen LogP contribution in [0.1, 0.15) is 90.4 Å². The molecule has 0 fully saturated rings. The number of hydrazine groups is 1. The SMILES string of the molecule is CCCCCCCCCCCCCCCN1CC=NN1. The average Bonchev–Trinajstić information content (AvgIpc) is 2.97. The van der Waals surface area contributed by atoms with E-state index in [4.69, 9.17) is 0 Å². The molecule has 0 aromatic rings. The molecule has 0 saturated heterocycles. The zero-order valence-electron chi connectivity index (χ0n) is 13.6. The highest BCUT2D eigenvalue weighted by molar-refractivity contribution is 5.60. The van der Waals surface area contributed by atoms with E-state index >= 15 is 0 Å². The molecule has 20 heavy (non-hydrogen) atoms. The Morgan fingerprint density at radius 3 is 1.75 bits per heavy atom. The molecule has 0 saturated carbocycles. The van der Waals surface area contributed by atoms with E-state index in [9.17, 15) is 0 Å². The van der Waals surface area contributed by atoms with E-state index in [1.54, 1.807) is 0 Å². The van der Waals surface area contributed by atoms with Gasteiger partial charge in [0, 0.05) is 12.8 Å². The fourth-order valence-electron chi connectivity index (χ4n) is 2.76. The molecular formula is C17H35N3. The maximum Gasteiger partial charge on any atom is 0.0566 e. The Bertz CT molecular complexity index is 220. The van der Waals surface area contributed by atoms with E-state index in [0.717, 1.165) is 13.1 Å². The van der Waals surface area contributed by atoms with Crippen LogP contribution in [0.5, 0.6) is 0 Å². The highest BCUT2D eigenvalue weighted by Crippen LogP contribution is 2.12. The second-order valence-electron chi connectivity index (χ2n) is 6.10. The van der Waals surface area contributed by atoms with Gasteiger partial charge in [0.2, 0.25) is 0 Å². The first kappa shape index (κ1) is 17.5. The summed E-state index contributed by atoms with van der Waals surface area (Å²) in [4.78, 5) is 0. The summed E-state index contributed by atoms with van der Waals surface area (Å²) in [6.45, 7) is 4.39. The van der Waals surface area contributed by atoms with Gasteiger partial charge in [-0.3, -0.25) is 0 Å². The molecule has 0 amide bonds. The Balaban J connectivity index is 1.66. The van der Waals surface area contributed by atoms with E-state index < -0.39 is 0 Å². The minimum absolute atomic E-state index is 0.970. The topological polar surface area (TPSA) is 27.6 Å². The lowest BCUT2D eigenvalue weighted by Crippen LogP contribution is -2.31. The monoisotopic (exact) mass is 281 g/mol. The predicted octanol–water partition coefficient (Wildman–Crippen LogP) is 4.88. The van der Waals surface area contributed by atoms with E-state index in [1.165, 1.54) is 83.5 Å². The van der Waals surface area contributed by atoms with Crippen LogP contribution in [0.3, 0.4) is 0 Å². The number of hydrogen-bond acceptors (Lipinski definition) is 3. The van der Waals surface area contributed by atoms with Crippen LogP contribution in [0.25, 0.3) is 0 Å². The molecule has 0 unspecified atom stereocenters. The molecule has 1 aliphatic rings. The third-order valence-corrected chi connectivity index (χ3v) is 4.12. The molecule has 0 aliphatic carbocycles. The van der Waals surface area contributed by atoms with Crippen molar-refractivity contribution in [2.75, 3.05) is 13.1 Å². The Labute approximate surface area is 126 Å². The largest absolute Gasteiger partial charge is 0.240 e. The van der Waals surface area contributed by atoms with Crippen molar-refractivity contribution in [3.05, 3.63) is 0 Å². The summed E-state index contributed by atoms with van der Waals surface area (Å²) >= 11 is 0. The van der Waals surface area contributed by atoms with Gasteiger partial charge in [-0.15, -0.1) is 0 Å². The minimum atomic E-state index is 0.970. The molecule has 0 spiro atoms. The minimum Gasteiger partial charge on any atom is -0.240 e. The van der Waals surface area contributed by atoms with E-state index in [0.29, 0.717) is 0 Å². The summed E-state index contributed by atoms with van der Waals surface area (Å²) in [6.07, 6.45) is 20.4. The highest BCUT2D eigenvalue weighted by Gasteiger charge is 2.04. The van der Waals surface area contributed by atoms with Gasteiger partial charge in [-0.2, -0.15) is 5.10 Å². The van der Waals surface area contributed by atoms with Gasteiger partial charge in [0.05, 0.1) is 6.54 Å². The maximum absolute atomic E-state index is 4.00. The summed E-state index contributed by atoms with van der Waals surface area (Å²) in [5, 5.41) is 6.18. The van der Waals surface area contributed by atoms with Crippen LogP contribution in [-0.2, 0) is 0 Å². The van der Waals surface area contributed by atoms with Crippen molar-refractivity contribution >= 4 is 6.21 Å². The summed E-state index contributed by atoms with van der Waals surface area (Å²) < 4.78 is 0. The Kier molecular flexibility index (Phi) is 11.7. The normalized spacial score (nSPS) is 14.8. The van der Waals surface area contributed by atoms with Crippen LogP contribution in [0.2, 0.25) is 0 Å². The molecule has 1 N–H and O–H groups in total. The second kappa shape index (κ2) is 13.4. The third-order valence-electron chi connectivity index (χ3n) is 4.12. The summed E-state index contributed by atoms with van der Waals surface area (Å²) in [5.41, 5.74) is 3.00. The van der Waals surface area contributed by atoms with Gasteiger partial charge in [0.1, 0.15) is 0 Å². The van der Waals surface area contributed by atoms with Crippen molar-refractivity contribution in [2.24, 2.45) is 5.10 Å². The lowest BCUT2D eigenvalue weighted by atomic mass is 10.0. The van der Waals surface area contributed by atoms with E-state index in [2.05, 4.69) is 22.6 Å². The Hall–Kier alpha value is -0.570. The highest BCUT2D eigenvalue weighted by atomic mass is 15.7. The van der Waals surface area contributed by atoms with Crippen molar-refractivity contribution < 1.29 is 0 Å². The van der Waals surface area contributed by atoms with Gasteiger partial charge in [-0.25, -0.2) is 10.5 Å². The van der Waals surface area contributed by atoms with Crippen LogP contribution >= 0.6 is 0 Å². The molecule has 1 rings (SSSR count). The van der Waals surface area contributed by atoms with Crippen molar-refractivity contribution in [1.29, 1.82) is 0 Å². The fourth-order valence-corrected chi connectivity index (χ4v) is 2.76. The van der Waals surface area contributed by atoms with Crippen LogP contribution in [0, 0.1) is 0 Å². The van der Waals surface area contributed by atoms with Crippen molar-refractivity contribution in [2.45, 2.75) is 90.4 Å². The smallest absolute Gasteiger partial charge is 0.0566 e. The van der Waals surface area contributed by atoms with Crippen LogP contribution in [0.4, 0.5) is 0 Å².